The summed E-state index contributed by atoms with van der Waals surface area (Å²) >= 11 is 0. The van der Waals surface area contributed by atoms with E-state index < -0.39 is 0 Å². The molecule has 0 bridgehead atoms. The molecule has 1 aromatic rings. The van der Waals surface area contributed by atoms with Crippen molar-refractivity contribution in [2.75, 3.05) is 26.8 Å². The molecule has 5 heteroatoms. The van der Waals surface area contributed by atoms with Crippen LogP contribution in [0.5, 0.6) is 5.75 Å². The second-order valence-corrected chi connectivity index (χ2v) is 6.46. The molecule has 5 nitrogen and oxygen atoms in total. The summed E-state index contributed by atoms with van der Waals surface area (Å²) in [5.74, 6) is 2.37. The van der Waals surface area contributed by atoms with E-state index in [1.54, 1.807) is 7.05 Å². The second-order valence-electron chi connectivity index (χ2n) is 6.46. The Morgan fingerprint density at radius 2 is 1.75 bits per heavy atom. The number of guanidine groups is 1. The van der Waals surface area contributed by atoms with Gasteiger partial charge in [-0.05, 0) is 43.9 Å². The lowest BCUT2D eigenvalue weighted by Crippen LogP contribution is -2.38. The molecule has 0 unspecified atom stereocenters. The maximum absolute atomic E-state index is 5.65. The summed E-state index contributed by atoms with van der Waals surface area (Å²) in [5, 5.41) is 6.55. The molecule has 0 heterocycles. The number of hydrogen-bond donors (Lipinski definition) is 2. The van der Waals surface area contributed by atoms with Gasteiger partial charge < -0.3 is 20.1 Å². The summed E-state index contributed by atoms with van der Waals surface area (Å²) < 4.78 is 11.2. The Morgan fingerprint density at radius 3 is 2.33 bits per heavy atom. The highest BCUT2D eigenvalue weighted by Crippen LogP contribution is 2.13. The fourth-order valence-corrected chi connectivity index (χ4v) is 2.03. The zero-order chi connectivity index (χ0) is 17.8. The molecule has 0 spiro atoms. The van der Waals surface area contributed by atoms with Gasteiger partial charge >= 0.3 is 0 Å². The number of hydrogen-bond acceptors (Lipinski definition) is 3. The highest BCUT2D eigenvalue weighted by molar-refractivity contribution is 5.79. The maximum Gasteiger partial charge on any atom is 0.191 e. The standard InChI is InChI=1S/C19H33N3O2/c1-15(2)10-12-23-13-11-21-19(20-5)22-14-17-6-8-18(9-7-17)24-16(3)4/h6-9,15-16H,10-14H2,1-5H3,(H2,20,21,22). The summed E-state index contributed by atoms with van der Waals surface area (Å²) in [6.07, 6.45) is 1.29. The summed E-state index contributed by atoms with van der Waals surface area (Å²) in [4.78, 5) is 4.22. The first-order chi connectivity index (χ1) is 11.5. The molecule has 1 aromatic carbocycles. The first kappa shape index (κ1) is 20.3. The fraction of sp³-hybridized carbons (Fsp3) is 0.632. The monoisotopic (exact) mass is 335 g/mol. The molecule has 0 saturated heterocycles. The molecule has 0 atom stereocenters. The molecular formula is C19H33N3O2. The van der Waals surface area contributed by atoms with Crippen molar-refractivity contribution in [1.82, 2.24) is 10.6 Å². The van der Waals surface area contributed by atoms with Gasteiger partial charge in [0.15, 0.2) is 5.96 Å². The quantitative estimate of drug-likeness (QED) is 0.392. The highest BCUT2D eigenvalue weighted by atomic mass is 16.5. The first-order valence-corrected chi connectivity index (χ1v) is 8.79. The van der Waals surface area contributed by atoms with E-state index in [9.17, 15) is 0 Å². The van der Waals surface area contributed by atoms with Crippen LogP contribution in [0.4, 0.5) is 0 Å². The Balaban J connectivity index is 2.23. The average molecular weight is 335 g/mol. The predicted molar refractivity (Wildman–Crippen MR) is 101 cm³/mol. The van der Waals surface area contributed by atoms with Gasteiger partial charge in [0, 0.05) is 26.7 Å². The minimum absolute atomic E-state index is 0.194. The molecule has 0 aliphatic heterocycles. The third kappa shape index (κ3) is 9.40. The predicted octanol–water partition coefficient (Wildman–Crippen LogP) is 3.20. The van der Waals surface area contributed by atoms with Gasteiger partial charge in [-0.25, -0.2) is 0 Å². The highest BCUT2D eigenvalue weighted by Gasteiger charge is 2.01. The van der Waals surface area contributed by atoms with Gasteiger partial charge in [0.25, 0.3) is 0 Å². The SMILES string of the molecule is CN=C(NCCOCCC(C)C)NCc1ccc(OC(C)C)cc1. The molecule has 0 radical (unpaired) electrons. The molecule has 0 fully saturated rings. The van der Waals surface area contributed by atoms with Gasteiger partial charge in [0.05, 0.1) is 12.7 Å². The lowest BCUT2D eigenvalue weighted by molar-refractivity contribution is 0.128. The molecule has 0 aromatic heterocycles. The molecule has 136 valence electrons. The van der Waals surface area contributed by atoms with E-state index in [1.165, 1.54) is 5.56 Å². The van der Waals surface area contributed by atoms with Crippen molar-refractivity contribution in [3.8, 4) is 5.75 Å². The Morgan fingerprint density at radius 1 is 1.04 bits per heavy atom. The van der Waals surface area contributed by atoms with Crippen LogP contribution >= 0.6 is 0 Å². The van der Waals surface area contributed by atoms with E-state index in [2.05, 4.69) is 41.6 Å². The molecule has 0 amide bonds. The Hall–Kier alpha value is -1.75. The van der Waals surface area contributed by atoms with E-state index in [0.29, 0.717) is 12.5 Å². The van der Waals surface area contributed by atoms with E-state index in [-0.39, 0.29) is 6.10 Å². The van der Waals surface area contributed by atoms with E-state index in [4.69, 9.17) is 9.47 Å². The lowest BCUT2D eigenvalue weighted by atomic mass is 10.1. The van der Waals surface area contributed by atoms with Crippen LogP contribution < -0.4 is 15.4 Å². The molecule has 24 heavy (non-hydrogen) atoms. The van der Waals surface area contributed by atoms with Crippen molar-refractivity contribution >= 4 is 5.96 Å². The molecule has 0 aliphatic rings. The topological polar surface area (TPSA) is 54.9 Å². The van der Waals surface area contributed by atoms with Gasteiger partial charge in [-0.1, -0.05) is 26.0 Å². The van der Waals surface area contributed by atoms with Crippen molar-refractivity contribution in [3.05, 3.63) is 29.8 Å². The molecule has 2 N–H and O–H groups in total. The zero-order valence-corrected chi connectivity index (χ0v) is 15.8. The van der Waals surface area contributed by atoms with Crippen molar-refractivity contribution in [3.63, 3.8) is 0 Å². The number of nitrogens with one attached hydrogen (secondary N) is 2. The van der Waals surface area contributed by atoms with Crippen LogP contribution in [0, 0.1) is 5.92 Å². The number of rotatable bonds is 10. The van der Waals surface area contributed by atoms with Gasteiger partial charge in [-0.15, -0.1) is 0 Å². The zero-order valence-electron chi connectivity index (χ0n) is 15.8. The van der Waals surface area contributed by atoms with E-state index in [1.807, 2.05) is 26.0 Å². The number of ether oxygens (including phenoxy) is 2. The van der Waals surface area contributed by atoms with Crippen molar-refractivity contribution in [2.45, 2.75) is 46.8 Å². The molecular weight excluding hydrogens is 302 g/mol. The van der Waals surface area contributed by atoms with Crippen LogP contribution in [0.25, 0.3) is 0 Å². The summed E-state index contributed by atoms with van der Waals surface area (Å²) in [7, 11) is 1.77. The third-order valence-electron chi connectivity index (χ3n) is 3.36. The van der Waals surface area contributed by atoms with E-state index in [0.717, 1.165) is 37.8 Å². The minimum atomic E-state index is 0.194. The Labute approximate surface area is 146 Å². The Kier molecular flexibility index (Phi) is 9.92. The normalized spacial score (nSPS) is 11.9. The number of benzene rings is 1. The maximum atomic E-state index is 5.65. The lowest BCUT2D eigenvalue weighted by Gasteiger charge is -2.13. The van der Waals surface area contributed by atoms with Crippen LogP contribution in [0.3, 0.4) is 0 Å². The van der Waals surface area contributed by atoms with Crippen molar-refractivity contribution in [1.29, 1.82) is 0 Å². The van der Waals surface area contributed by atoms with Gasteiger partial charge in [-0.3, -0.25) is 4.99 Å². The molecule has 0 saturated carbocycles. The molecule has 1 rings (SSSR count). The minimum Gasteiger partial charge on any atom is -0.491 e. The summed E-state index contributed by atoms with van der Waals surface area (Å²) in [5.41, 5.74) is 1.18. The summed E-state index contributed by atoms with van der Waals surface area (Å²) in [6.45, 7) is 11.4. The van der Waals surface area contributed by atoms with Crippen LogP contribution in [-0.2, 0) is 11.3 Å². The van der Waals surface area contributed by atoms with Crippen LogP contribution in [0.1, 0.15) is 39.7 Å². The Bertz CT molecular complexity index is 470. The molecule has 0 aliphatic carbocycles. The number of nitrogens with zero attached hydrogens (tertiary/aromatic N) is 1. The largest absolute Gasteiger partial charge is 0.491 e. The van der Waals surface area contributed by atoms with Gasteiger partial charge in [0.2, 0.25) is 0 Å². The average Bonchev–Trinajstić information content (AvgIpc) is 2.54. The smallest absolute Gasteiger partial charge is 0.191 e. The van der Waals surface area contributed by atoms with Gasteiger partial charge in [0.1, 0.15) is 5.75 Å². The van der Waals surface area contributed by atoms with E-state index >= 15 is 0 Å². The first-order valence-electron chi connectivity index (χ1n) is 8.79. The van der Waals surface area contributed by atoms with Crippen molar-refractivity contribution in [2.24, 2.45) is 10.9 Å². The van der Waals surface area contributed by atoms with Crippen LogP contribution in [0.15, 0.2) is 29.3 Å². The number of aliphatic imine (C=N–C) groups is 1. The second kappa shape index (κ2) is 11.7. The fourth-order valence-electron chi connectivity index (χ4n) is 2.03. The summed E-state index contributed by atoms with van der Waals surface area (Å²) in [6, 6.07) is 8.12. The van der Waals surface area contributed by atoms with Crippen LogP contribution in [-0.4, -0.2) is 38.9 Å². The van der Waals surface area contributed by atoms with Crippen LogP contribution in [0.2, 0.25) is 0 Å². The van der Waals surface area contributed by atoms with Crippen molar-refractivity contribution < 1.29 is 9.47 Å². The third-order valence-corrected chi connectivity index (χ3v) is 3.36. The van der Waals surface area contributed by atoms with Gasteiger partial charge in [-0.2, -0.15) is 0 Å².